The molecule has 0 saturated heterocycles. The lowest BCUT2D eigenvalue weighted by Gasteiger charge is -2.39. The Kier molecular flexibility index (Phi) is 4.13. The van der Waals surface area contributed by atoms with Crippen molar-refractivity contribution < 1.29 is 4.74 Å². The normalized spacial score (nSPS) is 20.2. The van der Waals surface area contributed by atoms with E-state index < -0.39 is 0 Å². The Morgan fingerprint density at radius 2 is 1.10 bits per heavy atom. The molecule has 39 heavy (non-hydrogen) atoms. The molecule has 9 rings (SSSR count). The van der Waals surface area contributed by atoms with Crippen LogP contribution < -0.4 is 9.64 Å². The van der Waals surface area contributed by atoms with Crippen LogP contribution in [0.25, 0.3) is 11.1 Å². The summed E-state index contributed by atoms with van der Waals surface area (Å²) in [4.78, 5) is 2.38. The number of benzene rings is 5. The van der Waals surface area contributed by atoms with E-state index in [2.05, 4.69) is 132 Å². The molecule has 2 nitrogen and oxygen atoms in total. The van der Waals surface area contributed by atoms with Crippen LogP contribution in [-0.4, -0.2) is 0 Å². The van der Waals surface area contributed by atoms with Crippen molar-refractivity contribution in [2.24, 2.45) is 5.92 Å². The third-order valence-electron chi connectivity index (χ3n) is 9.14. The summed E-state index contributed by atoms with van der Waals surface area (Å²) >= 11 is 0. The van der Waals surface area contributed by atoms with Gasteiger partial charge in [-0.25, -0.2) is 0 Å². The van der Waals surface area contributed by atoms with Gasteiger partial charge in [-0.2, -0.15) is 0 Å². The van der Waals surface area contributed by atoms with E-state index in [4.69, 9.17) is 4.74 Å². The average molecular weight is 500 g/mol. The molecule has 0 aromatic heterocycles. The van der Waals surface area contributed by atoms with E-state index in [-0.39, 0.29) is 11.3 Å². The predicted molar refractivity (Wildman–Crippen MR) is 157 cm³/mol. The summed E-state index contributed by atoms with van der Waals surface area (Å²) in [5.41, 5.74) is 11.5. The lowest BCUT2D eigenvalue weighted by molar-refractivity contribution is 0.459. The fourth-order valence-corrected chi connectivity index (χ4v) is 7.73. The molecule has 0 saturated carbocycles. The second-order valence-electron chi connectivity index (χ2n) is 10.9. The Morgan fingerprint density at radius 1 is 0.564 bits per heavy atom. The fraction of sp³-hybridized carbons (Fsp3) is 0.0811. The summed E-state index contributed by atoms with van der Waals surface area (Å²) in [7, 11) is 0. The van der Waals surface area contributed by atoms with E-state index in [1.807, 2.05) is 12.1 Å². The molecule has 0 bridgehead atoms. The van der Waals surface area contributed by atoms with Crippen LogP contribution in [0.5, 0.6) is 11.5 Å². The summed E-state index contributed by atoms with van der Waals surface area (Å²) < 4.78 is 6.33. The fourth-order valence-electron chi connectivity index (χ4n) is 7.73. The van der Waals surface area contributed by atoms with Crippen LogP contribution in [0.1, 0.15) is 28.2 Å². The largest absolute Gasteiger partial charge is 0.453 e. The predicted octanol–water partition coefficient (Wildman–Crippen LogP) is 9.11. The highest BCUT2D eigenvalue weighted by Crippen LogP contribution is 2.65. The molecule has 4 aliphatic rings. The molecule has 2 heteroatoms. The maximum atomic E-state index is 6.33. The minimum Gasteiger partial charge on any atom is -0.453 e. The maximum absolute atomic E-state index is 6.33. The first-order valence-electron chi connectivity index (χ1n) is 13.7. The van der Waals surface area contributed by atoms with Gasteiger partial charge < -0.3 is 9.64 Å². The number of allylic oxidation sites excluding steroid dienone is 3. The number of hydrogen-bond acceptors (Lipinski definition) is 2. The standard InChI is InChI=1S/C37H25NO/c1-4-14-29-25(11-1)26-12-2-5-15-30(26)37(29)31-16-6-3-13-27(31)28-22-21-24(23-32(28)37)38-33-17-7-9-19-35(33)39-36-20-10-8-18-34(36)38/h1-23,28,32H. The number of ether oxygens (including phenoxy) is 1. The SMILES string of the molecule is C1=CC2c3ccccc3C3(c4ccccc4-c4ccccc43)C2C=C1N1c2ccccc2Oc2ccccc21. The molecule has 1 heterocycles. The molecular weight excluding hydrogens is 474 g/mol. The lowest BCUT2D eigenvalue weighted by Crippen LogP contribution is -2.34. The van der Waals surface area contributed by atoms with Crippen LogP contribution >= 0.6 is 0 Å². The second-order valence-corrected chi connectivity index (χ2v) is 10.9. The van der Waals surface area contributed by atoms with Crippen LogP contribution in [0.4, 0.5) is 11.4 Å². The maximum Gasteiger partial charge on any atom is 0.151 e. The van der Waals surface area contributed by atoms with Crippen molar-refractivity contribution in [2.75, 3.05) is 4.90 Å². The van der Waals surface area contributed by atoms with Gasteiger partial charge in [-0.1, -0.05) is 109 Å². The van der Waals surface area contributed by atoms with Crippen molar-refractivity contribution in [3.05, 3.63) is 168 Å². The zero-order chi connectivity index (χ0) is 25.6. The summed E-state index contributed by atoms with van der Waals surface area (Å²) in [6.45, 7) is 0. The minimum atomic E-state index is -0.240. The van der Waals surface area contributed by atoms with E-state index in [1.165, 1.54) is 39.1 Å². The minimum absolute atomic E-state index is 0.238. The van der Waals surface area contributed by atoms with E-state index in [0.717, 1.165) is 22.9 Å². The topological polar surface area (TPSA) is 12.5 Å². The van der Waals surface area contributed by atoms with Gasteiger partial charge in [0.05, 0.1) is 16.8 Å². The van der Waals surface area contributed by atoms with Crippen molar-refractivity contribution in [2.45, 2.75) is 11.3 Å². The van der Waals surface area contributed by atoms with Gasteiger partial charge in [0.15, 0.2) is 11.5 Å². The number of nitrogens with zero attached hydrogens (tertiary/aromatic N) is 1. The first-order chi connectivity index (χ1) is 19.4. The molecule has 0 radical (unpaired) electrons. The molecule has 2 atom stereocenters. The van der Waals surface area contributed by atoms with E-state index in [0.29, 0.717) is 5.92 Å². The van der Waals surface area contributed by atoms with Gasteiger partial charge in [-0.3, -0.25) is 0 Å². The molecule has 2 unspecified atom stereocenters. The van der Waals surface area contributed by atoms with Crippen LogP contribution in [-0.2, 0) is 5.41 Å². The number of para-hydroxylation sites is 4. The zero-order valence-electron chi connectivity index (χ0n) is 21.3. The van der Waals surface area contributed by atoms with E-state index >= 15 is 0 Å². The first-order valence-corrected chi connectivity index (χ1v) is 13.7. The number of anilines is 2. The third kappa shape index (κ3) is 2.61. The smallest absolute Gasteiger partial charge is 0.151 e. The van der Waals surface area contributed by atoms with Crippen LogP contribution in [0.15, 0.2) is 145 Å². The highest BCUT2D eigenvalue weighted by atomic mass is 16.5. The molecule has 0 fully saturated rings. The highest BCUT2D eigenvalue weighted by molar-refractivity contribution is 5.87. The number of fused-ring (bicyclic) bond motifs is 12. The van der Waals surface area contributed by atoms with Gasteiger partial charge in [0.1, 0.15) is 0 Å². The molecule has 1 spiro atoms. The molecule has 1 aliphatic heterocycles. The first kappa shape index (κ1) is 21.2. The van der Waals surface area contributed by atoms with E-state index in [1.54, 1.807) is 0 Å². The monoisotopic (exact) mass is 499 g/mol. The number of rotatable bonds is 1. The van der Waals surface area contributed by atoms with Gasteiger partial charge in [0, 0.05) is 17.5 Å². The summed E-state index contributed by atoms with van der Waals surface area (Å²) in [5.74, 6) is 2.31. The number of hydrogen-bond donors (Lipinski definition) is 0. The highest BCUT2D eigenvalue weighted by Gasteiger charge is 2.57. The molecule has 184 valence electrons. The Hall–Kier alpha value is -4.82. The van der Waals surface area contributed by atoms with E-state index in [9.17, 15) is 0 Å². The van der Waals surface area contributed by atoms with Gasteiger partial charge in [0.25, 0.3) is 0 Å². The van der Waals surface area contributed by atoms with Crippen LogP contribution in [0.2, 0.25) is 0 Å². The van der Waals surface area contributed by atoms with Gasteiger partial charge in [0.2, 0.25) is 0 Å². The summed E-state index contributed by atoms with van der Waals surface area (Å²) in [6, 6.07) is 43.9. The molecule has 5 aromatic rings. The average Bonchev–Trinajstić information content (AvgIpc) is 3.47. The Bertz CT molecular complexity index is 1790. The van der Waals surface area contributed by atoms with Crippen LogP contribution in [0.3, 0.4) is 0 Å². The molecule has 5 aromatic carbocycles. The molecule has 0 N–H and O–H groups in total. The Morgan fingerprint density at radius 3 is 1.77 bits per heavy atom. The van der Waals surface area contributed by atoms with Gasteiger partial charge in [-0.15, -0.1) is 0 Å². The van der Waals surface area contributed by atoms with Crippen molar-refractivity contribution in [1.82, 2.24) is 0 Å². The van der Waals surface area contributed by atoms with Crippen molar-refractivity contribution in [1.29, 1.82) is 0 Å². The van der Waals surface area contributed by atoms with Crippen molar-refractivity contribution in [3.8, 4) is 22.6 Å². The second kappa shape index (κ2) is 7.61. The Labute approximate surface area is 228 Å². The van der Waals surface area contributed by atoms with Crippen molar-refractivity contribution >= 4 is 11.4 Å². The lowest BCUT2D eigenvalue weighted by atomic mass is 9.65. The quantitative estimate of drug-likeness (QED) is 0.228. The molecule has 0 amide bonds. The van der Waals surface area contributed by atoms with Crippen molar-refractivity contribution in [3.63, 3.8) is 0 Å². The Balaban J connectivity index is 1.32. The molecule has 3 aliphatic carbocycles. The summed E-state index contributed by atoms with van der Waals surface area (Å²) in [6.07, 6.45) is 7.31. The van der Waals surface area contributed by atoms with Gasteiger partial charge >= 0.3 is 0 Å². The van der Waals surface area contributed by atoms with Gasteiger partial charge in [-0.05, 0) is 63.7 Å². The van der Waals surface area contributed by atoms with Crippen LogP contribution in [0, 0.1) is 5.92 Å². The third-order valence-corrected chi connectivity index (χ3v) is 9.14. The molecular formula is C37H25NO. The zero-order valence-corrected chi connectivity index (χ0v) is 21.3. The summed E-state index contributed by atoms with van der Waals surface area (Å²) in [5, 5.41) is 0.